The standard InChI is InChI=1S/C20H25N3O4/c24-16-12-27-18(17(22-16)13-4-2-1-3-5-13)19(25)21-15-8-10-23(11-9-15)20(26)14-6-7-14/h1-5,14-15,17-18H,6-12H2,(H,21,25)(H,22,24)/t17-,18+/m1/s1. The predicted molar refractivity (Wildman–Crippen MR) is 97.5 cm³/mol. The van der Waals surface area contributed by atoms with E-state index in [0.717, 1.165) is 31.2 Å². The van der Waals surface area contributed by atoms with Crippen molar-refractivity contribution in [3.05, 3.63) is 35.9 Å². The fourth-order valence-electron chi connectivity index (χ4n) is 3.81. The van der Waals surface area contributed by atoms with Gasteiger partial charge in [-0.2, -0.15) is 0 Å². The highest BCUT2D eigenvalue weighted by Crippen LogP contribution is 2.32. The van der Waals surface area contributed by atoms with Gasteiger partial charge in [-0.3, -0.25) is 14.4 Å². The highest BCUT2D eigenvalue weighted by molar-refractivity contribution is 5.86. The summed E-state index contributed by atoms with van der Waals surface area (Å²) < 4.78 is 5.57. The Kier molecular flexibility index (Phi) is 5.11. The van der Waals surface area contributed by atoms with Gasteiger partial charge in [-0.15, -0.1) is 0 Å². The summed E-state index contributed by atoms with van der Waals surface area (Å²) in [5.41, 5.74) is 0.843. The first-order valence-corrected chi connectivity index (χ1v) is 9.67. The molecule has 0 radical (unpaired) electrons. The van der Waals surface area contributed by atoms with Crippen LogP contribution >= 0.6 is 0 Å². The second-order valence-electron chi connectivity index (χ2n) is 7.57. The molecule has 0 bridgehead atoms. The van der Waals surface area contributed by atoms with Crippen molar-refractivity contribution in [2.75, 3.05) is 19.7 Å². The number of rotatable bonds is 4. The average molecular weight is 371 g/mol. The number of morpholine rings is 1. The zero-order valence-corrected chi connectivity index (χ0v) is 15.2. The Bertz CT molecular complexity index is 711. The van der Waals surface area contributed by atoms with Crippen LogP contribution < -0.4 is 10.6 Å². The number of piperidine rings is 1. The summed E-state index contributed by atoms with van der Waals surface area (Å²) in [4.78, 5) is 38.6. The Hall–Kier alpha value is -2.41. The van der Waals surface area contributed by atoms with Crippen LogP contribution in [0.3, 0.4) is 0 Å². The highest BCUT2D eigenvalue weighted by atomic mass is 16.5. The van der Waals surface area contributed by atoms with E-state index in [2.05, 4.69) is 10.6 Å². The molecule has 7 heteroatoms. The summed E-state index contributed by atoms with van der Waals surface area (Å²) in [6, 6.07) is 8.92. The molecular formula is C20H25N3O4. The third-order valence-corrected chi connectivity index (χ3v) is 5.51. The van der Waals surface area contributed by atoms with E-state index in [0.29, 0.717) is 13.1 Å². The lowest BCUT2D eigenvalue weighted by Gasteiger charge is -2.35. The maximum absolute atomic E-state index is 12.8. The molecule has 27 heavy (non-hydrogen) atoms. The van der Waals surface area contributed by atoms with Crippen LogP contribution in [0.1, 0.15) is 37.3 Å². The predicted octanol–water partition coefficient (Wildman–Crippen LogP) is 0.760. The molecule has 0 unspecified atom stereocenters. The SMILES string of the molecule is O=C1CO[C@H](C(=O)NC2CCN(C(=O)C3CC3)CC2)[C@@H](c2ccccc2)N1. The van der Waals surface area contributed by atoms with Crippen molar-refractivity contribution in [1.29, 1.82) is 0 Å². The first-order chi connectivity index (χ1) is 13.1. The van der Waals surface area contributed by atoms with Crippen molar-refractivity contribution in [3.63, 3.8) is 0 Å². The van der Waals surface area contributed by atoms with E-state index in [9.17, 15) is 14.4 Å². The van der Waals surface area contributed by atoms with Gasteiger partial charge in [0.25, 0.3) is 5.91 Å². The van der Waals surface area contributed by atoms with Crippen molar-refractivity contribution in [2.24, 2.45) is 5.92 Å². The largest absolute Gasteiger partial charge is 0.356 e. The van der Waals surface area contributed by atoms with Crippen LogP contribution in [-0.4, -0.2) is 54.5 Å². The van der Waals surface area contributed by atoms with Gasteiger partial charge in [0, 0.05) is 25.0 Å². The Morgan fingerprint density at radius 2 is 1.78 bits per heavy atom. The van der Waals surface area contributed by atoms with Gasteiger partial charge in [0.2, 0.25) is 11.8 Å². The molecule has 2 saturated heterocycles. The number of carbonyl (C=O) groups excluding carboxylic acids is 3. The number of benzene rings is 1. The Balaban J connectivity index is 1.35. The molecule has 0 spiro atoms. The molecule has 0 aromatic heterocycles. The molecule has 2 atom stereocenters. The number of likely N-dealkylation sites (tertiary alicyclic amines) is 1. The molecule has 1 saturated carbocycles. The number of hydrogen-bond donors (Lipinski definition) is 2. The van der Waals surface area contributed by atoms with E-state index in [-0.39, 0.29) is 36.3 Å². The van der Waals surface area contributed by atoms with Crippen LogP contribution in [0.15, 0.2) is 30.3 Å². The molecule has 144 valence electrons. The van der Waals surface area contributed by atoms with E-state index in [4.69, 9.17) is 4.74 Å². The summed E-state index contributed by atoms with van der Waals surface area (Å²) in [5, 5.41) is 5.92. The number of ether oxygens (including phenoxy) is 1. The third-order valence-electron chi connectivity index (χ3n) is 5.51. The van der Waals surface area contributed by atoms with Crippen LogP contribution in [0.25, 0.3) is 0 Å². The molecule has 1 aromatic carbocycles. The van der Waals surface area contributed by atoms with Crippen molar-refractivity contribution >= 4 is 17.7 Å². The van der Waals surface area contributed by atoms with Gasteiger partial charge in [-0.05, 0) is 31.2 Å². The molecule has 2 N–H and O–H groups in total. The lowest BCUT2D eigenvalue weighted by molar-refractivity contribution is -0.148. The second-order valence-corrected chi connectivity index (χ2v) is 7.57. The fraction of sp³-hybridized carbons (Fsp3) is 0.550. The van der Waals surface area contributed by atoms with Crippen LogP contribution in [0.2, 0.25) is 0 Å². The molecule has 1 aliphatic carbocycles. The lowest BCUT2D eigenvalue weighted by atomic mass is 9.98. The van der Waals surface area contributed by atoms with Crippen molar-refractivity contribution in [2.45, 2.75) is 43.9 Å². The minimum absolute atomic E-state index is 0.0263. The molecule has 1 aromatic rings. The van der Waals surface area contributed by atoms with Crippen LogP contribution in [0.5, 0.6) is 0 Å². The minimum atomic E-state index is -0.753. The maximum Gasteiger partial charge on any atom is 0.251 e. The average Bonchev–Trinajstić information content (AvgIpc) is 3.54. The van der Waals surface area contributed by atoms with Gasteiger partial charge in [0.15, 0.2) is 6.10 Å². The number of carbonyl (C=O) groups is 3. The van der Waals surface area contributed by atoms with E-state index in [1.807, 2.05) is 35.2 Å². The smallest absolute Gasteiger partial charge is 0.251 e. The van der Waals surface area contributed by atoms with E-state index < -0.39 is 12.1 Å². The van der Waals surface area contributed by atoms with E-state index in [1.165, 1.54) is 0 Å². The van der Waals surface area contributed by atoms with Gasteiger partial charge in [-0.1, -0.05) is 30.3 Å². The summed E-state index contributed by atoms with van der Waals surface area (Å²) in [6.07, 6.45) is 2.78. The van der Waals surface area contributed by atoms with Gasteiger partial charge >= 0.3 is 0 Å². The number of amides is 3. The Morgan fingerprint density at radius 3 is 2.44 bits per heavy atom. The Morgan fingerprint density at radius 1 is 1.07 bits per heavy atom. The molecule has 2 aliphatic heterocycles. The Labute approximate surface area is 158 Å². The van der Waals surface area contributed by atoms with Crippen LogP contribution in [-0.2, 0) is 19.1 Å². The first kappa shape index (κ1) is 18.0. The van der Waals surface area contributed by atoms with Crippen LogP contribution in [0, 0.1) is 5.92 Å². The molecular weight excluding hydrogens is 346 g/mol. The first-order valence-electron chi connectivity index (χ1n) is 9.67. The normalized spacial score (nSPS) is 26.4. The van der Waals surface area contributed by atoms with Gasteiger partial charge < -0.3 is 20.3 Å². The molecule has 7 nitrogen and oxygen atoms in total. The number of nitrogens with zero attached hydrogens (tertiary/aromatic N) is 1. The fourth-order valence-corrected chi connectivity index (χ4v) is 3.81. The highest BCUT2D eigenvalue weighted by Gasteiger charge is 2.38. The molecule has 3 aliphatic rings. The van der Waals surface area contributed by atoms with Crippen molar-refractivity contribution in [3.8, 4) is 0 Å². The van der Waals surface area contributed by atoms with Crippen molar-refractivity contribution < 1.29 is 19.1 Å². The van der Waals surface area contributed by atoms with Crippen LogP contribution in [0.4, 0.5) is 0 Å². The summed E-state index contributed by atoms with van der Waals surface area (Å²) in [7, 11) is 0. The third kappa shape index (κ3) is 4.13. The number of hydrogen-bond acceptors (Lipinski definition) is 4. The molecule has 3 amide bonds. The van der Waals surface area contributed by atoms with Gasteiger partial charge in [0.05, 0.1) is 6.04 Å². The van der Waals surface area contributed by atoms with Crippen molar-refractivity contribution in [1.82, 2.24) is 15.5 Å². The molecule has 2 heterocycles. The molecule has 4 rings (SSSR count). The number of nitrogens with one attached hydrogen (secondary N) is 2. The summed E-state index contributed by atoms with van der Waals surface area (Å²) in [5.74, 6) is 0.0693. The second kappa shape index (κ2) is 7.68. The van der Waals surface area contributed by atoms with E-state index >= 15 is 0 Å². The minimum Gasteiger partial charge on any atom is -0.356 e. The molecule has 3 fully saturated rings. The lowest BCUT2D eigenvalue weighted by Crippen LogP contribution is -2.55. The summed E-state index contributed by atoms with van der Waals surface area (Å²) >= 11 is 0. The van der Waals surface area contributed by atoms with E-state index in [1.54, 1.807) is 0 Å². The zero-order chi connectivity index (χ0) is 18.8. The summed E-state index contributed by atoms with van der Waals surface area (Å²) in [6.45, 7) is 1.26. The van der Waals surface area contributed by atoms with Gasteiger partial charge in [-0.25, -0.2) is 0 Å². The topological polar surface area (TPSA) is 87.7 Å². The quantitative estimate of drug-likeness (QED) is 0.818. The van der Waals surface area contributed by atoms with Gasteiger partial charge in [0.1, 0.15) is 6.61 Å². The monoisotopic (exact) mass is 371 g/mol. The zero-order valence-electron chi connectivity index (χ0n) is 15.2. The maximum atomic E-state index is 12.8.